The van der Waals surface area contributed by atoms with Crippen molar-refractivity contribution in [3.8, 4) is 11.5 Å². The number of anilines is 1. The standard InChI is InChI=1S/C23H19Cl2NO5S/c1-3-14-26(21-6-4-5-7-22(21)30-2)32(28,29)18-12-13-20(25)19(15-18)23(27)31-17-10-8-16(24)9-11-17/h3-13,15H,1,14H2,2H3. The average Bonchev–Trinajstić information content (AvgIpc) is 2.79. The van der Waals surface area contributed by atoms with Gasteiger partial charge in [-0.1, -0.05) is 41.4 Å². The lowest BCUT2D eigenvalue weighted by molar-refractivity contribution is 0.0734. The Hall–Kier alpha value is -3.00. The van der Waals surface area contributed by atoms with Crippen LogP contribution in [0.15, 0.2) is 84.3 Å². The molecule has 0 spiro atoms. The molecule has 0 amide bonds. The maximum Gasteiger partial charge on any atom is 0.345 e. The first-order valence-electron chi connectivity index (χ1n) is 9.32. The molecule has 6 nitrogen and oxygen atoms in total. The second kappa shape index (κ2) is 10.1. The summed E-state index contributed by atoms with van der Waals surface area (Å²) < 4.78 is 38.7. The molecule has 32 heavy (non-hydrogen) atoms. The Kier molecular flexibility index (Phi) is 7.45. The smallest absolute Gasteiger partial charge is 0.345 e. The van der Waals surface area contributed by atoms with Gasteiger partial charge in [0.25, 0.3) is 10.0 Å². The fourth-order valence-corrected chi connectivity index (χ4v) is 4.69. The Labute approximate surface area is 196 Å². The third-order valence-electron chi connectivity index (χ3n) is 4.42. The van der Waals surface area contributed by atoms with E-state index in [-0.39, 0.29) is 27.8 Å². The molecular weight excluding hydrogens is 473 g/mol. The fraction of sp³-hybridized carbons (Fsp3) is 0.0870. The second-order valence-electron chi connectivity index (χ2n) is 6.48. The van der Waals surface area contributed by atoms with Crippen LogP contribution in [0, 0.1) is 0 Å². The van der Waals surface area contributed by atoms with E-state index in [1.54, 1.807) is 36.4 Å². The van der Waals surface area contributed by atoms with Crippen molar-refractivity contribution in [1.29, 1.82) is 0 Å². The Bertz CT molecular complexity index is 1240. The van der Waals surface area contributed by atoms with Gasteiger partial charge in [-0.3, -0.25) is 4.31 Å². The minimum absolute atomic E-state index is 0.0180. The molecule has 3 rings (SSSR count). The van der Waals surface area contributed by atoms with Gasteiger partial charge in [0.1, 0.15) is 11.5 Å². The van der Waals surface area contributed by atoms with Crippen LogP contribution in [0.1, 0.15) is 10.4 Å². The number of sulfonamides is 1. The van der Waals surface area contributed by atoms with Gasteiger partial charge < -0.3 is 9.47 Å². The van der Waals surface area contributed by atoms with E-state index in [0.717, 1.165) is 4.31 Å². The van der Waals surface area contributed by atoms with Crippen LogP contribution in [-0.2, 0) is 10.0 Å². The number of carbonyl (C=O) groups is 1. The number of benzene rings is 3. The van der Waals surface area contributed by atoms with Crippen molar-refractivity contribution >= 4 is 44.9 Å². The third-order valence-corrected chi connectivity index (χ3v) is 6.78. The van der Waals surface area contributed by atoms with Crippen molar-refractivity contribution < 1.29 is 22.7 Å². The summed E-state index contributed by atoms with van der Waals surface area (Å²) in [5.74, 6) is -0.192. The van der Waals surface area contributed by atoms with E-state index in [9.17, 15) is 13.2 Å². The van der Waals surface area contributed by atoms with Crippen LogP contribution in [-0.4, -0.2) is 28.0 Å². The normalized spacial score (nSPS) is 11.0. The van der Waals surface area contributed by atoms with Gasteiger partial charge in [-0.15, -0.1) is 6.58 Å². The van der Waals surface area contributed by atoms with Crippen LogP contribution in [0.4, 0.5) is 5.69 Å². The molecule has 3 aromatic rings. The molecule has 9 heteroatoms. The van der Waals surface area contributed by atoms with E-state index in [4.69, 9.17) is 32.7 Å². The monoisotopic (exact) mass is 491 g/mol. The first kappa shape index (κ1) is 23.7. The Morgan fingerprint density at radius 1 is 1.06 bits per heavy atom. The van der Waals surface area contributed by atoms with Crippen LogP contribution in [0.2, 0.25) is 10.0 Å². The van der Waals surface area contributed by atoms with Crippen LogP contribution < -0.4 is 13.8 Å². The summed E-state index contributed by atoms with van der Waals surface area (Å²) in [6, 6.07) is 16.7. The number of carbonyl (C=O) groups excluding carboxylic acids is 1. The number of ether oxygens (including phenoxy) is 2. The number of rotatable bonds is 8. The molecule has 0 atom stereocenters. The quantitative estimate of drug-likeness (QED) is 0.233. The Balaban J connectivity index is 2.01. The van der Waals surface area contributed by atoms with Gasteiger partial charge in [-0.2, -0.15) is 0 Å². The largest absolute Gasteiger partial charge is 0.495 e. The first-order chi connectivity index (χ1) is 15.3. The van der Waals surface area contributed by atoms with Gasteiger partial charge in [0.15, 0.2) is 0 Å². The summed E-state index contributed by atoms with van der Waals surface area (Å²) >= 11 is 12.0. The molecule has 0 aliphatic carbocycles. The molecule has 3 aromatic carbocycles. The summed E-state index contributed by atoms with van der Waals surface area (Å²) in [5.41, 5.74) is 0.233. The topological polar surface area (TPSA) is 72.9 Å². The molecule has 0 aliphatic rings. The predicted octanol–water partition coefficient (Wildman–Crippen LogP) is 5.60. The number of methoxy groups -OCH3 is 1. The van der Waals surface area contributed by atoms with Crippen LogP contribution in [0.25, 0.3) is 0 Å². The van der Waals surface area contributed by atoms with E-state index in [1.165, 1.54) is 43.5 Å². The van der Waals surface area contributed by atoms with Gasteiger partial charge in [0.2, 0.25) is 0 Å². The predicted molar refractivity (Wildman–Crippen MR) is 126 cm³/mol. The molecule has 166 valence electrons. The molecule has 0 aromatic heterocycles. The van der Waals surface area contributed by atoms with Crippen molar-refractivity contribution in [3.63, 3.8) is 0 Å². The van der Waals surface area contributed by atoms with E-state index >= 15 is 0 Å². The van der Waals surface area contributed by atoms with E-state index in [0.29, 0.717) is 16.5 Å². The molecule has 0 N–H and O–H groups in total. The SMILES string of the molecule is C=CCN(c1ccccc1OC)S(=O)(=O)c1ccc(Cl)c(C(=O)Oc2ccc(Cl)cc2)c1. The lowest BCUT2D eigenvalue weighted by Gasteiger charge is -2.25. The Morgan fingerprint density at radius 3 is 2.41 bits per heavy atom. The maximum atomic E-state index is 13.5. The first-order valence-corrected chi connectivity index (χ1v) is 11.5. The molecule has 0 saturated carbocycles. The number of halogens is 2. The second-order valence-corrected chi connectivity index (χ2v) is 9.19. The van der Waals surface area contributed by atoms with Crippen molar-refractivity contribution in [2.45, 2.75) is 4.90 Å². The zero-order valence-electron chi connectivity index (χ0n) is 17.0. The molecule has 0 radical (unpaired) electrons. The highest BCUT2D eigenvalue weighted by Gasteiger charge is 2.28. The molecule has 0 aliphatic heterocycles. The summed E-state index contributed by atoms with van der Waals surface area (Å²) in [6.07, 6.45) is 1.45. The van der Waals surface area contributed by atoms with Gasteiger partial charge in [0.05, 0.1) is 34.8 Å². The lowest BCUT2D eigenvalue weighted by Crippen LogP contribution is -2.31. The van der Waals surface area contributed by atoms with Crippen LogP contribution in [0.5, 0.6) is 11.5 Å². The molecule has 0 fully saturated rings. The van der Waals surface area contributed by atoms with Crippen LogP contribution in [0.3, 0.4) is 0 Å². The highest BCUT2D eigenvalue weighted by Crippen LogP contribution is 2.33. The zero-order chi connectivity index (χ0) is 23.3. The highest BCUT2D eigenvalue weighted by atomic mass is 35.5. The number of hydrogen-bond acceptors (Lipinski definition) is 5. The molecule has 0 bridgehead atoms. The Morgan fingerprint density at radius 2 is 1.75 bits per heavy atom. The molecular formula is C23H19Cl2NO5S. The number of esters is 1. The van der Waals surface area contributed by atoms with E-state index in [2.05, 4.69) is 6.58 Å². The number of hydrogen-bond donors (Lipinski definition) is 0. The molecule has 0 heterocycles. The molecule has 0 saturated heterocycles. The minimum Gasteiger partial charge on any atom is -0.495 e. The van der Waals surface area contributed by atoms with Crippen molar-refractivity contribution in [3.05, 3.63) is 95.0 Å². The number of nitrogens with zero attached hydrogens (tertiary/aromatic N) is 1. The van der Waals surface area contributed by atoms with E-state index < -0.39 is 16.0 Å². The van der Waals surface area contributed by atoms with Gasteiger partial charge in [-0.25, -0.2) is 13.2 Å². The highest BCUT2D eigenvalue weighted by molar-refractivity contribution is 7.92. The number of para-hydroxylation sites is 2. The van der Waals surface area contributed by atoms with Gasteiger partial charge >= 0.3 is 5.97 Å². The van der Waals surface area contributed by atoms with Gasteiger partial charge in [0, 0.05) is 5.02 Å². The van der Waals surface area contributed by atoms with Crippen molar-refractivity contribution in [2.75, 3.05) is 18.0 Å². The van der Waals surface area contributed by atoms with Gasteiger partial charge in [-0.05, 0) is 54.6 Å². The summed E-state index contributed by atoms with van der Waals surface area (Å²) in [5, 5.41) is 0.532. The maximum absolute atomic E-state index is 13.5. The summed E-state index contributed by atoms with van der Waals surface area (Å²) in [7, 11) is -2.65. The molecule has 0 unspecified atom stereocenters. The lowest BCUT2D eigenvalue weighted by atomic mass is 10.2. The third kappa shape index (κ3) is 5.07. The average molecular weight is 492 g/mol. The van der Waals surface area contributed by atoms with Crippen molar-refractivity contribution in [1.82, 2.24) is 0 Å². The zero-order valence-corrected chi connectivity index (χ0v) is 19.3. The minimum atomic E-state index is -4.10. The fourth-order valence-electron chi connectivity index (χ4n) is 2.89. The summed E-state index contributed by atoms with van der Waals surface area (Å²) in [4.78, 5) is 12.5. The van der Waals surface area contributed by atoms with Crippen molar-refractivity contribution in [2.24, 2.45) is 0 Å². The summed E-state index contributed by atoms with van der Waals surface area (Å²) in [6.45, 7) is 3.63. The van der Waals surface area contributed by atoms with E-state index in [1.807, 2.05) is 0 Å². The van der Waals surface area contributed by atoms with Crippen LogP contribution >= 0.6 is 23.2 Å².